The van der Waals surface area contributed by atoms with Gasteiger partial charge < -0.3 is 19.5 Å². The lowest BCUT2D eigenvalue weighted by atomic mass is 10.1. The standard InChI is InChI=1S/C25H23N5O4S/c1-35(32,33)19-5-2-16(3-6-19)14-30-21-13-27-23(18-4-7-20-17(12-18)8-9-26-20)28-24(21)29-10-11-34-15-22(29)25(30)31/h2-9,12-13,22,26H,10-11,14-15H2,1H3. The summed E-state index contributed by atoms with van der Waals surface area (Å²) in [7, 11) is -3.29. The van der Waals surface area contributed by atoms with Crippen LogP contribution < -0.4 is 9.80 Å². The normalized spacial score (nSPS) is 18.0. The van der Waals surface area contributed by atoms with Gasteiger partial charge in [0.05, 0.1) is 30.9 Å². The number of nitrogens with zero attached hydrogens (tertiary/aromatic N) is 4. The minimum Gasteiger partial charge on any atom is -0.377 e. The van der Waals surface area contributed by atoms with E-state index in [9.17, 15) is 13.2 Å². The van der Waals surface area contributed by atoms with Gasteiger partial charge in [0.1, 0.15) is 11.7 Å². The Bertz CT molecular complexity index is 1550. The third-order valence-electron chi connectivity index (χ3n) is 6.50. The van der Waals surface area contributed by atoms with Crippen molar-refractivity contribution in [1.82, 2.24) is 15.0 Å². The summed E-state index contributed by atoms with van der Waals surface area (Å²) >= 11 is 0. The molecule has 1 saturated heterocycles. The van der Waals surface area contributed by atoms with Gasteiger partial charge in [-0.1, -0.05) is 12.1 Å². The van der Waals surface area contributed by atoms with Crippen molar-refractivity contribution < 1.29 is 17.9 Å². The number of ether oxygens (including phenoxy) is 1. The lowest BCUT2D eigenvalue weighted by Crippen LogP contribution is -2.58. The highest BCUT2D eigenvalue weighted by molar-refractivity contribution is 7.90. The maximum absolute atomic E-state index is 13.5. The fourth-order valence-electron chi connectivity index (χ4n) is 4.65. The number of aromatic nitrogens is 3. The van der Waals surface area contributed by atoms with Gasteiger partial charge in [-0.05, 0) is 42.0 Å². The van der Waals surface area contributed by atoms with E-state index in [0.717, 1.165) is 22.0 Å². The highest BCUT2D eigenvalue weighted by Crippen LogP contribution is 2.37. The number of sulfone groups is 1. The second-order valence-corrected chi connectivity index (χ2v) is 10.8. The Labute approximate surface area is 202 Å². The minimum atomic E-state index is -3.29. The van der Waals surface area contributed by atoms with E-state index < -0.39 is 15.9 Å². The summed E-state index contributed by atoms with van der Waals surface area (Å²) in [5, 5.41) is 1.07. The molecule has 1 amide bonds. The molecule has 4 aromatic rings. The molecule has 1 atom stereocenters. The summed E-state index contributed by atoms with van der Waals surface area (Å²) < 4.78 is 29.2. The molecule has 0 aliphatic carbocycles. The molecule has 178 valence electrons. The van der Waals surface area contributed by atoms with E-state index >= 15 is 0 Å². The quantitative estimate of drug-likeness (QED) is 0.470. The molecular formula is C25H23N5O4S. The summed E-state index contributed by atoms with van der Waals surface area (Å²) in [6.07, 6.45) is 4.77. The van der Waals surface area contributed by atoms with Crippen molar-refractivity contribution in [1.29, 1.82) is 0 Å². The van der Waals surface area contributed by atoms with Gasteiger partial charge in [-0.3, -0.25) is 4.79 Å². The van der Waals surface area contributed by atoms with Gasteiger partial charge in [0.25, 0.3) is 5.91 Å². The van der Waals surface area contributed by atoms with Crippen LogP contribution in [0.15, 0.2) is 65.8 Å². The zero-order valence-corrected chi connectivity index (χ0v) is 19.8. The smallest absolute Gasteiger partial charge is 0.252 e. The monoisotopic (exact) mass is 489 g/mol. The number of rotatable bonds is 4. The largest absolute Gasteiger partial charge is 0.377 e. The molecule has 6 rings (SSSR count). The number of carbonyl (C=O) groups excluding carboxylic acids is 1. The van der Waals surface area contributed by atoms with Gasteiger partial charge >= 0.3 is 0 Å². The Hall–Kier alpha value is -3.76. The molecule has 1 N–H and O–H groups in total. The lowest BCUT2D eigenvalue weighted by molar-refractivity contribution is -0.122. The van der Waals surface area contributed by atoms with Crippen molar-refractivity contribution in [3.63, 3.8) is 0 Å². The number of amides is 1. The zero-order valence-electron chi connectivity index (χ0n) is 19.0. The van der Waals surface area contributed by atoms with Gasteiger partial charge in [0.15, 0.2) is 21.5 Å². The van der Waals surface area contributed by atoms with Crippen molar-refractivity contribution in [2.75, 3.05) is 35.8 Å². The number of morpholine rings is 1. The highest BCUT2D eigenvalue weighted by Gasteiger charge is 2.41. The van der Waals surface area contributed by atoms with Gasteiger partial charge in [-0.2, -0.15) is 0 Å². The van der Waals surface area contributed by atoms with Crippen LogP contribution in [0.5, 0.6) is 0 Å². The SMILES string of the molecule is CS(=O)(=O)c1ccc(CN2C(=O)C3COCCN3c3nc(-c4ccc5[nH]ccc5c4)ncc32)cc1. The molecular weight excluding hydrogens is 466 g/mol. The number of anilines is 2. The number of hydrogen-bond donors (Lipinski definition) is 1. The van der Waals surface area contributed by atoms with E-state index in [-0.39, 0.29) is 24.0 Å². The second kappa shape index (κ2) is 8.17. The van der Waals surface area contributed by atoms with Crippen LogP contribution in [0.25, 0.3) is 22.3 Å². The predicted molar refractivity (Wildman–Crippen MR) is 132 cm³/mol. The first-order valence-electron chi connectivity index (χ1n) is 11.3. The summed E-state index contributed by atoms with van der Waals surface area (Å²) in [4.78, 5) is 30.1. The Morgan fingerprint density at radius 3 is 2.77 bits per heavy atom. The lowest BCUT2D eigenvalue weighted by Gasteiger charge is -2.43. The number of nitrogens with one attached hydrogen (secondary N) is 1. The molecule has 0 bridgehead atoms. The minimum absolute atomic E-state index is 0.0884. The van der Waals surface area contributed by atoms with Crippen molar-refractivity contribution in [3.05, 3.63) is 66.5 Å². The fourth-order valence-corrected chi connectivity index (χ4v) is 5.28. The molecule has 10 heteroatoms. The maximum Gasteiger partial charge on any atom is 0.252 e. The Morgan fingerprint density at radius 2 is 1.97 bits per heavy atom. The van der Waals surface area contributed by atoms with E-state index in [1.807, 2.05) is 35.4 Å². The van der Waals surface area contributed by atoms with Crippen LogP contribution in [0.4, 0.5) is 11.5 Å². The van der Waals surface area contributed by atoms with Gasteiger partial charge in [0, 0.05) is 35.5 Å². The van der Waals surface area contributed by atoms with Gasteiger partial charge in [0.2, 0.25) is 0 Å². The number of fused-ring (bicyclic) bond motifs is 4. The Kier molecular flexibility index (Phi) is 5.08. The first kappa shape index (κ1) is 21.8. The van der Waals surface area contributed by atoms with Crippen LogP contribution in [-0.2, 0) is 25.9 Å². The van der Waals surface area contributed by atoms with E-state index in [4.69, 9.17) is 9.72 Å². The average molecular weight is 490 g/mol. The topological polar surface area (TPSA) is 108 Å². The first-order chi connectivity index (χ1) is 16.9. The van der Waals surface area contributed by atoms with Crippen molar-refractivity contribution >= 4 is 38.2 Å². The van der Waals surface area contributed by atoms with Crippen LogP contribution in [0, 0.1) is 0 Å². The predicted octanol–water partition coefficient (Wildman–Crippen LogP) is 2.78. The molecule has 0 radical (unpaired) electrons. The molecule has 2 aliphatic rings. The number of aromatic amines is 1. The number of H-pyrrole nitrogens is 1. The highest BCUT2D eigenvalue weighted by atomic mass is 32.2. The van der Waals surface area contributed by atoms with Gasteiger partial charge in [-0.25, -0.2) is 18.4 Å². The summed E-state index contributed by atoms with van der Waals surface area (Å²) in [6, 6.07) is 14.1. The molecule has 0 spiro atoms. The fraction of sp³-hybridized carbons (Fsp3) is 0.240. The molecule has 1 fully saturated rings. The number of benzene rings is 2. The number of hydrogen-bond acceptors (Lipinski definition) is 7. The Morgan fingerprint density at radius 1 is 1.14 bits per heavy atom. The summed E-state index contributed by atoms with van der Waals surface area (Å²) in [5.41, 5.74) is 3.37. The first-order valence-corrected chi connectivity index (χ1v) is 13.2. The number of carbonyl (C=O) groups is 1. The van der Waals surface area contributed by atoms with Crippen molar-refractivity contribution in [2.45, 2.75) is 17.5 Å². The van der Waals surface area contributed by atoms with Crippen LogP contribution >= 0.6 is 0 Å². The Balaban J connectivity index is 1.40. The van der Waals surface area contributed by atoms with Crippen LogP contribution in [0.1, 0.15) is 5.56 Å². The van der Waals surface area contributed by atoms with E-state index in [1.165, 1.54) is 6.26 Å². The maximum atomic E-state index is 13.5. The second-order valence-electron chi connectivity index (χ2n) is 8.81. The van der Waals surface area contributed by atoms with Crippen molar-refractivity contribution in [3.8, 4) is 11.4 Å². The zero-order chi connectivity index (χ0) is 24.2. The molecule has 1 unspecified atom stereocenters. The molecule has 0 saturated carbocycles. The molecule has 2 aromatic heterocycles. The third-order valence-corrected chi connectivity index (χ3v) is 7.62. The van der Waals surface area contributed by atoms with Crippen LogP contribution in [-0.4, -0.2) is 61.3 Å². The third kappa shape index (κ3) is 3.84. The molecule has 35 heavy (non-hydrogen) atoms. The molecule has 2 aromatic carbocycles. The van der Waals surface area contributed by atoms with E-state index in [0.29, 0.717) is 30.5 Å². The van der Waals surface area contributed by atoms with E-state index in [2.05, 4.69) is 9.97 Å². The molecule has 2 aliphatic heterocycles. The molecule has 4 heterocycles. The van der Waals surface area contributed by atoms with Crippen molar-refractivity contribution in [2.24, 2.45) is 0 Å². The van der Waals surface area contributed by atoms with Crippen LogP contribution in [0.3, 0.4) is 0 Å². The summed E-state index contributed by atoms with van der Waals surface area (Å²) in [5.74, 6) is 1.20. The average Bonchev–Trinajstić information content (AvgIpc) is 3.34. The van der Waals surface area contributed by atoms with Crippen LogP contribution in [0.2, 0.25) is 0 Å². The molecule has 9 nitrogen and oxygen atoms in total. The van der Waals surface area contributed by atoms with Gasteiger partial charge in [-0.15, -0.1) is 0 Å². The summed E-state index contributed by atoms with van der Waals surface area (Å²) in [6.45, 7) is 1.65. The van der Waals surface area contributed by atoms with E-state index in [1.54, 1.807) is 35.4 Å².